The van der Waals surface area contributed by atoms with E-state index in [1.165, 1.54) is 0 Å². The third kappa shape index (κ3) is 4.53. The fraction of sp³-hybridized carbons (Fsp3) is 0.312. The topological polar surface area (TPSA) is 88.5 Å². The third-order valence-corrected chi connectivity index (χ3v) is 3.91. The lowest BCUT2D eigenvalue weighted by Crippen LogP contribution is -2.17. The molecule has 2 N–H and O–H groups in total. The normalized spacial score (nSPS) is 11.1. The fourth-order valence-electron chi connectivity index (χ4n) is 1.87. The molecule has 7 heteroatoms. The Balaban J connectivity index is 2.05. The van der Waals surface area contributed by atoms with E-state index < -0.39 is 17.5 Å². The first kappa shape index (κ1) is 17.0. The standard InChI is InChI=1S/C16H18N2O4S/c1-16(2,3)12-11(13(19)20)23-14(17-12)18-15(21)22-9-10-7-5-4-6-8-10/h4-8H,9H2,1-3H3,(H,19,20)(H,17,18,21). The predicted octanol–water partition coefficient (Wildman–Crippen LogP) is 3.89. The van der Waals surface area contributed by atoms with E-state index in [1.54, 1.807) is 0 Å². The first-order valence-electron chi connectivity index (χ1n) is 6.99. The molecule has 0 radical (unpaired) electrons. The predicted molar refractivity (Wildman–Crippen MR) is 88.0 cm³/mol. The van der Waals surface area contributed by atoms with Gasteiger partial charge < -0.3 is 9.84 Å². The average Bonchev–Trinajstić information content (AvgIpc) is 2.90. The molecule has 0 spiro atoms. The molecule has 0 aliphatic carbocycles. The molecule has 2 rings (SSSR count). The smallest absolute Gasteiger partial charge is 0.413 e. The Hall–Kier alpha value is -2.41. The van der Waals surface area contributed by atoms with Gasteiger partial charge in [-0.25, -0.2) is 14.6 Å². The van der Waals surface area contributed by atoms with Crippen molar-refractivity contribution in [2.45, 2.75) is 32.8 Å². The van der Waals surface area contributed by atoms with Crippen LogP contribution in [0.2, 0.25) is 0 Å². The van der Waals surface area contributed by atoms with E-state index in [1.807, 2.05) is 51.1 Å². The lowest BCUT2D eigenvalue weighted by molar-refractivity contribution is 0.0699. The third-order valence-electron chi connectivity index (χ3n) is 2.95. The van der Waals surface area contributed by atoms with Crippen LogP contribution in [0.25, 0.3) is 0 Å². The maximum absolute atomic E-state index is 11.8. The van der Waals surface area contributed by atoms with Crippen LogP contribution in [0.5, 0.6) is 0 Å². The summed E-state index contributed by atoms with van der Waals surface area (Å²) >= 11 is 0.922. The minimum absolute atomic E-state index is 0.121. The van der Waals surface area contributed by atoms with Gasteiger partial charge in [0.15, 0.2) is 5.13 Å². The molecule has 1 amide bonds. The van der Waals surface area contributed by atoms with Gasteiger partial charge in [-0.3, -0.25) is 5.32 Å². The number of hydrogen-bond acceptors (Lipinski definition) is 5. The zero-order chi connectivity index (χ0) is 17.0. The number of carbonyl (C=O) groups excluding carboxylic acids is 1. The summed E-state index contributed by atoms with van der Waals surface area (Å²) in [6.45, 7) is 5.74. The minimum Gasteiger partial charge on any atom is -0.477 e. The van der Waals surface area contributed by atoms with Crippen molar-refractivity contribution in [2.75, 3.05) is 5.32 Å². The van der Waals surface area contributed by atoms with Crippen LogP contribution in [-0.2, 0) is 16.8 Å². The number of nitrogens with zero attached hydrogens (tertiary/aromatic N) is 1. The lowest BCUT2D eigenvalue weighted by atomic mass is 9.91. The van der Waals surface area contributed by atoms with Gasteiger partial charge in [0.1, 0.15) is 11.5 Å². The average molecular weight is 334 g/mol. The molecule has 1 heterocycles. The molecule has 1 aromatic heterocycles. The van der Waals surface area contributed by atoms with Crippen LogP contribution in [0.1, 0.15) is 41.7 Å². The first-order valence-corrected chi connectivity index (χ1v) is 7.81. The van der Waals surface area contributed by atoms with Gasteiger partial charge in [0.2, 0.25) is 0 Å². The van der Waals surface area contributed by atoms with Crippen molar-refractivity contribution in [2.24, 2.45) is 0 Å². The molecule has 0 atom stereocenters. The fourth-order valence-corrected chi connectivity index (χ4v) is 2.87. The Bertz CT molecular complexity index is 705. The van der Waals surface area contributed by atoms with Gasteiger partial charge in [-0.2, -0.15) is 0 Å². The highest BCUT2D eigenvalue weighted by Crippen LogP contribution is 2.32. The number of carboxylic acids is 1. The number of carbonyl (C=O) groups is 2. The molecule has 0 saturated carbocycles. The first-order chi connectivity index (χ1) is 10.8. The summed E-state index contributed by atoms with van der Waals surface area (Å²) in [5.74, 6) is -1.06. The van der Waals surface area contributed by atoms with Gasteiger partial charge in [0, 0.05) is 5.41 Å². The number of carboxylic acid groups (broad SMARTS) is 1. The van der Waals surface area contributed by atoms with Crippen molar-refractivity contribution in [1.82, 2.24) is 4.98 Å². The highest BCUT2D eigenvalue weighted by Gasteiger charge is 2.27. The summed E-state index contributed by atoms with van der Waals surface area (Å²) in [5, 5.41) is 12.0. The van der Waals surface area contributed by atoms with Crippen molar-refractivity contribution in [3.05, 3.63) is 46.5 Å². The Morgan fingerprint density at radius 1 is 1.26 bits per heavy atom. The van der Waals surface area contributed by atoms with Crippen LogP contribution < -0.4 is 5.32 Å². The number of anilines is 1. The van der Waals surface area contributed by atoms with Crippen LogP contribution >= 0.6 is 11.3 Å². The second-order valence-electron chi connectivity index (χ2n) is 5.94. The number of ether oxygens (including phenoxy) is 1. The summed E-state index contributed by atoms with van der Waals surface area (Å²) in [4.78, 5) is 27.5. The van der Waals surface area contributed by atoms with Gasteiger partial charge >= 0.3 is 12.1 Å². The molecule has 122 valence electrons. The van der Waals surface area contributed by atoms with Gasteiger partial charge in [-0.05, 0) is 5.56 Å². The van der Waals surface area contributed by atoms with Crippen molar-refractivity contribution in [3.8, 4) is 0 Å². The van der Waals surface area contributed by atoms with E-state index >= 15 is 0 Å². The van der Waals surface area contributed by atoms with Crippen molar-refractivity contribution in [1.29, 1.82) is 0 Å². The SMILES string of the molecule is CC(C)(C)c1nc(NC(=O)OCc2ccccc2)sc1C(=O)O. The van der Waals surface area contributed by atoms with Crippen LogP contribution in [-0.4, -0.2) is 22.2 Å². The van der Waals surface area contributed by atoms with Crippen LogP contribution in [0.4, 0.5) is 9.93 Å². The molecule has 2 aromatic rings. The molecule has 0 unspecified atom stereocenters. The molecule has 1 aromatic carbocycles. The molecule has 6 nitrogen and oxygen atoms in total. The number of amides is 1. The Morgan fingerprint density at radius 2 is 1.91 bits per heavy atom. The number of rotatable bonds is 4. The van der Waals surface area contributed by atoms with Crippen LogP contribution in [0.3, 0.4) is 0 Å². The van der Waals surface area contributed by atoms with E-state index in [0.717, 1.165) is 16.9 Å². The number of nitrogens with one attached hydrogen (secondary N) is 1. The van der Waals surface area contributed by atoms with E-state index in [2.05, 4.69) is 10.3 Å². The van der Waals surface area contributed by atoms with E-state index in [4.69, 9.17) is 4.74 Å². The quantitative estimate of drug-likeness (QED) is 0.885. The zero-order valence-electron chi connectivity index (χ0n) is 13.1. The lowest BCUT2D eigenvalue weighted by Gasteiger charge is -2.15. The number of aromatic nitrogens is 1. The Kier molecular flexibility index (Phi) is 5.00. The Morgan fingerprint density at radius 3 is 2.43 bits per heavy atom. The number of hydrogen-bond donors (Lipinski definition) is 2. The molecule has 0 aliphatic rings. The van der Waals surface area contributed by atoms with Crippen molar-refractivity contribution in [3.63, 3.8) is 0 Å². The summed E-state index contributed by atoms with van der Waals surface area (Å²) in [5.41, 5.74) is 0.870. The maximum Gasteiger partial charge on any atom is 0.413 e. The van der Waals surface area contributed by atoms with E-state index in [9.17, 15) is 14.7 Å². The largest absolute Gasteiger partial charge is 0.477 e. The summed E-state index contributed by atoms with van der Waals surface area (Å²) in [6.07, 6.45) is -0.667. The Labute approximate surface area is 138 Å². The molecular weight excluding hydrogens is 316 g/mol. The summed E-state index contributed by atoms with van der Waals surface area (Å²) < 4.78 is 5.10. The minimum atomic E-state index is -1.06. The summed E-state index contributed by atoms with van der Waals surface area (Å²) in [6, 6.07) is 9.27. The van der Waals surface area contributed by atoms with Gasteiger partial charge in [-0.1, -0.05) is 62.4 Å². The van der Waals surface area contributed by atoms with E-state index in [-0.39, 0.29) is 16.6 Å². The van der Waals surface area contributed by atoms with Gasteiger partial charge in [0.05, 0.1) is 5.69 Å². The van der Waals surface area contributed by atoms with Crippen molar-refractivity contribution >= 4 is 28.5 Å². The van der Waals surface area contributed by atoms with Crippen LogP contribution in [0.15, 0.2) is 30.3 Å². The molecule has 0 aliphatic heterocycles. The molecule has 23 heavy (non-hydrogen) atoms. The van der Waals surface area contributed by atoms with E-state index in [0.29, 0.717) is 5.69 Å². The second kappa shape index (κ2) is 6.78. The zero-order valence-corrected chi connectivity index (χ0v) is 13.9. The monoisotopic (exact) mass is 334 g/mol. The highest BCUT2D eigenvalue weighted by atomic mass is 32.1. The highest BCUT2D eigenvalue weighted by molar-refractivity contribution is 7.17. The summed E-state index contributed by atoms with van der Waals surface area (Å²) in [7, 11) is 0. The molecule has 0 saturated heterocycles. The number of thiazole rings is 1. The molecule has 0 bridgehead atoms. The number of aromatic carboxylic acids is 1. The van der Waals surface area contributed by atoms with Crippen LogP contribution in [0, 0.1) is 0 Å². The molecule has 0 fully saturated rings. The van der Waals surface area contributed by atoms with Crippen molar-refractivity contribution < 1.29 is 19.4 Å². The molecular formula is C16H18N2O4S. The van der Waals surface area contributed by atoms with Gasteiger partial charge in [0.25, 0.3) is 0 Å². The maximum atomic E-state index is 11.8. The van der Waals surface area contributed by atoms with Gasteiger partial charge in [-0.15, -0.1) is 0 Å². The number of benzene rings is 1. The second-order valence-corrected chi connectivity index (χ2v) is 6.94.